The Labute approximate surface area is 141 Å². The van der Waals surface area contributed by atoms with Crippen molar-refractivity contribution in [1.82, 2.24) is 15.1 Å². The summed E-state index contributed by atoms with van der Waals surface area (Å²) in [5.74, 6) is 0.422. The summed E-state index contributed by atoms with van der Waals surface area (Å²) in [6, 6.07) is 0.796. The molecule has 1 amide bonds. The SMILES string of the molecule is CNCC(C)C(=O)N1CCCN(C2CCCC2)CC1.Cl.Cl. The third-order valence-electron chi connectivity index (χ3n) is 4.62. The second-order valence-corrected chi connectivity index (χ2v) is 6.11. The fourth-order valence-corrected chi connectivity index (χ4v) is 3.50. The van der Waals surface area contributed by atoms with Crippen molar-refractivity contribution in [3.05, 3.63) is 0 Å². The van der Waals surface area contributed by atoms with Gasteiger partial charge in [0.25, 0.3) is 0 Å². The van der Waals surface area contributed by atoms with Crippen LogP contribution in [-0.4, -0.2) is 61.5 Å². The summed E-state index contributed by atoms with van der Waals surface area (Å²) >= 11 is 0. The van der Waals surface area contributed by atoms with Crippen molar-refractivity contribution in [2.24, 2.45) is 5.92 Å². The third kappa shape index (κ3) is 5.93. The molecule has 2 rings (SSSR count). The molecule has 1 N–H and O–H groups in total. The molecule has 2 aliphatic rings. The normalized spacial score (nSPS) is 22.1. The quantitative estimate of drug-likeness (QED) is 0.852. The molecule has 126 valence electrons. The number of halogens is 2. The van der Waals surface area contributed by atoms with Gasteiger partial charge in [0, 0.05) is 44.7 Å². The van der Waals surface area contributed by atoms with Crippen LogP contribution in [0.5, 0.6) is 0 Å². The Hall–Kier alpha value is -0.0300. The van der Waals surface area contributed by atoms with Crippen molar-refractivity contribution in [2.45, 2.75) is 45.1 Å². The minimum Gasteiger partial charge on any atom is -0.341 e. The van der Waals surface area contributed by atoms with E-state index in [2.05, 4.69) is 15.1 Å². The van der Waals surface area contributed by atoms with Crippen LogP contribution in [0.3, 0.4) is 0 Å². The summed E-state index contributed by atoms with van der Waals surface area (Å²) in [5, 5.41) is 3.10. The molecular weight excluding hydrogens is 309 g/mol. The van der Waals surface area contributed by atoms with Gasteiger partial charge in [-0.1, -0.05) is 19.8 Å². The van der Waals surface area contributed by atoms with Gasteiger partial charge in [0.1, 0.15) is 0 Å². The predicted molar refractivity (Wildman–Crippen MR) is 92.6 cm³/mol. The van der Waals surface area contributed by atoms with Crippen LogP contribution >= 0.6 is 24.8 Å². The molecule has 21 heavy (non-hydrogen) atoms. The molecule has 0 aromatic rings. The van der Waals surface area contributed by atoms with Gasteiger partial charge in [-0.05, 0) is 26.3 Å². The summed E-state index contributed by atoms with van der Waals surface area (Å²) in [6.07, 6.45) is 6.65. The number of carbonyl (C=O) groups is 1. The van der Waals surface area contributed by atoms with Crippen molar-refractivity contribution < 1.29 is 4.79 Å². The standard InChI is InChI=1S/C15H29N3O.2ClH/c1-13(12-16-2)15(19)18-9-5-8-17(10-11-18)14-6-3-4-7-14;;/h13-14,16H,3-12H2,1-2H3;2*1H. The first kappa shape index (κ1) is 21.0. The highest BCUT2D eigenvalue weighted by Gasteiger charge is 2.27. The van der Waals surface area contributed by atoms with Gasteiger partial charge >= 0.3 is 0 Å². The summed E-state index contributed by atoms with van der Waals surface area (Å²) in [5.41, 5.74) is 0. The molecule has 4 nitrogen and oxygen atoms in total. The highest BCUT2D eigenvalue weighted by Crippen LogP contribution is 2.24. The van der Waals surface area contributed by atoms with E-state index in [1.807, 2.05) is 14.0 Å². The number of hydrogen-bond acceptors (Lipinski definition) is 3. The van der Waals surface area contributed by atoms with E-state index >= 15 is 0 Å². The zero-order valence-electron chi connectivity index (χ0n) is 13.3. The van der Waals surface area contributed by atoms with Crippen LogP contribution in [0.25, 0.3) is 0 Å². The van der Waals surface area contributed by atoms with Crippen molar-refractivity contribution in [3.63, 3.8) is 0 Å². The highest BCUT2D eigenvalue weighted by molar-refractivity contribution is 5.85. The fourth-order valence-electron chi connectivity index (χ4n) is 3.50. The van der Waals surface area contributed by atoms with E-state index in [0.717, 1.165) is 38.6 Å². The summed E-state index contributed by atoms with van der Waals surface area (Å²) in [7, 11) is 1.91. The maximum atomic E-state index is 12.3. The lowest BCUT2D eigenvalue weighted by Crippen LogP contribution is -2.41. The first-order valence-corrected chi connectivity index (χ1v) is 7.90. The van der Waals surface area contributed by atoms with E-state index in [9.17, 15) is 4.79 Å². The van der Waals surface area contributed by atoms with E-state index in [0.29, 0.717) is 5.91 Å². The number of rotatable bonds is 4. The first-order chi connectivity index (χ1) is 9.22. The van der Waals surface area contributed by atoms with Crippen LogP contribution in [0.2, 0.25) is 0 Å². The Balaban J connectivity index is 0.00000200. The second kappa shape index (κ2) is 10.7. The monoisotopic (exact) mass is 339 g/mol. The van der Waals surface area contributed by atoms with Crippen LogP contribution in [-0.2, 0) is 4.79 Å². The van der Waals surface area contributed by atoms with Gasteiger partial charge in [0.15, 0.2) is 0 Å². The molecule has 6 heteroatoms. The Morgan fingerprint density at radius 3 is 2.38 bits per heavy atom. The lowest BCUT2D eigenvalue weighted by atomic mass is 10.1. The number of nitrogens with one attached hydrogen (secondary N) is 1. The maximum Gasteiger partial charge on any atom is 0.226 e. The Morgan fingerprint density at radius 1 is 1.10 bits per heavy atom. The number of nitrogens with zero attached hydrogens (tertiary/aromatic N) is 2. The lowest BCUT2D eigenvalue weighted by Gasteiger charge is -2.28. The van der Waals surface area contributed by atoms with Gasteiger partial charge in [-0.2, -0.15) is 0 Å². The van der Waals surface area contributed by atoms with E-state index in [-0.39, 0.29) is 30.7 Å². The van der Waals surface area contributed by atoms with E-state index in [4.69, 9.17) is 0 Å². The molecule has 1 unspecified atom stereocenters. The number of carbonyl (C=O) groups excluding carboxylic acids is 1. The number of hydrogen-bond donors (Lipinski definition) is 1. The average Bonchev–Trinajstić information content (AvgIpc) is 2.83. The summed E-state index contributed by atoms with van der Waals surface area (Å²) in [4.78, 5) is 17.0. The van der Waals surface area contributed by atoms with Crippen LogP contribution in [0, 0.1) is 5.92 Å². The maximum absolute atomic E-state index is 12.3. The number of amides is 1. The molecule has 1 atom stereocenters. The van der Waals surface area contributed by atoms with Crippen LogP contribution in [0.1, 0.15) is 39.0 Å². The van der Waals surface area contributed by atoms with Gasteiger partial charge in [-0.15, -0.1) is 24.8 Å². The average molecular weight is 340 g/mol. The smallest absolute Gasteiger partial charge is 0.226 e. The fraction of sp³-hybridized carbons (Fsp3) is 0.933. The van der Waals surface area contributed by atoms with Gasteiger partial charge in [0.05, 0.1) is 0 Å². The van der Waals surface area contributed by atoms with E-state index in [1.54, 1.807) is 0 Å². The zero-order chi connectivity index (χ0) is 13.7. The van der Waals surface area contributed by atoms with E-state index < -0.39 is 0 Å². The molecule has 1 aliphatic heterocycles. The molecule has 1 heterocycles. The van der Waals surface area contributed by atoms with Crippen molar-refractivity contribution >= 4 is 30.7 Å². The predicted octanol–water partition coefficient (Wildman–Crippen LogP) is 2.16. The Kier molecular flexibility index (Phi) is 10.6. The van der Waals surface area contributed by atoms with Gasteiger partial charge < -0.3 is 10.2 Å². The van der Waals surface area contributed by atoms with Crippen molar-refractivity contribution in [2.75, 3.05) is 39.8 Å². The van der Waals surface area contributed by atoms with E-state index in [1.165, 1.54) is 32.2 Å². The summed E-state index contributed by atoms with van der Waals surface area (Å²) in [6.45, 7) is 6.91. The molecule has 2 fully saturated rings. The van der Waals surface area contributed by atoms with Gasteiger partial charge in [-0.25, -0.2) is 0 Å². The van der Waals surface area contributed by atoms with Crippen LogP contribution in [0.15, 0.2) is 0 Å². The lowest BCUT2D eigenvalue weighted by molar-refractivity contribution is -0.134. The molecule has 0 radical (unpaired) electrons. The minimum atomic E-state index is 0. The molecular formula is C15H31Cl2N3O. The van der Waals surface area contributed by atoms with Crippen molar-refractivity contribution in [1.29, 1.82) is 0 Å². The van der Waals surface area contributed by atoms with Crippen LogP contribution in [0.4, 0.5) is 0 Å². The first-order valence-electron chi connectivity index (χ1n) is 7.90. The third-order valence-corrected chi connectivity index (χ3v) is 4.62. The molecule has 0 aromatic heterocycles. The molecule has 0 spiro atoms. The molecule has 1 saturated heterocycles. The van der Waals surface area contributed by atoms with Gasteiger partial charge in [-0.3, -0.25) is 9.69 Å². The molecule has 1 saturated carbocycles. The Bertz CT molecular complexity index is 299. The molecule has 1 aliphatic carbocycles. The molecule has 0 bridgehead atoms. The topological polar surface area (TPSA) is 35.6 Å². The minimum absolute atomic E-state index is 0. The van der Waals surface area contributed by atoms with Gasteiger partial charge in [0.2, 0.25) is 5.91 Å². The van der Waals surface area contributed by atoms with Crippen molar-refractivity contribution in [3.8, 4) is 0 Å². The van der Waals surface area contributed by atoms with Crippen LogP contribution < -0.4 is 5.32 Å². The highest BCUT2D eigenvalue weighted by atomic mass is 35.5. The second-order valence-electron chi connectivity index (χ2n) is 6.11. The largest absolute Gasteiger partial charge is 0.341 e. The Morgan fingerprint density at radius 2 is 1.76 bits per heavy atom. The zero-order valence-corrected chi connectivity index (χ0v) is 15.0. The molecule has 0 aromatic carbocycles. The summed E-state index contributed by atoms with van der Waals surface area (Å²) < 4.78 is 0.